The number of aliphatic carboxylic acids is 1. The van der Waals surface area contributed by atoms with Gasteiger partial charge in [-0.25, -0.2) is 0 Å². The minimum atomic E-state index is -0.779. The lowest BCUT2D eigenvalue weighted by atomic mass is 10.1. The van der Waals surface area contributed by atoms with E-state index in [1.54, 1.807) is 7.11 Å². The fourth-order valence-electron chi connectivity index (χ4n) is 2.00. The predicted molar refractivity (Wildman–Crippen MR) is 65.5 cm³/mol. The van der Waals surface area contributed by atoms with E-state index in [0.29, 0.717) is 6.42 Å². The molecule has 0 aliphatic rings. The van der Waals surface area contributed by atoms with Crippen molar-refractivity contribution in [2.75, 3.05) is 7.11 Å². The maximum Gasteiger partial charge on any atom is 0.303 e. The van der Waals surface area contributed by atoms with Crippen LogP contribution in [0.25, 0.3) is 10.9 Å². The fourth-order valence-corrected chi connectivity index (χ4v) is 2.00. The summed E-state index contributed by atoms with van der Waals surface area (Å²) in [6.07, 6.45) is 2.53. The Hall–Kier alpha value is -1.97. The van der Waals surface area contributed by atoms with Crippen LogP contribution in [-0.2, 0) is 11.2 Å². The number of methoxy groups -OCH3 is 1. The van der Waals surface area contributed by atoms with Crippen molar-refractivity contribution in [2.45, 2.75) is 19.8 Å². The molecule has 0 aliphatic heterocycles. The minimum absolute atomic E-state index is 0.142. The molecule has 0 amide bonds. The van der Waals surface area contributed by atoms with Gasteiger partial charge in [0.05, 0.1) is 12.6 Å². The molecule has 4 heteroatoms. The van der Waals surface area contributed by atoms with Gasteiger partial charge < -0.3 is 14.8 Å². The Morgan fingerprint density at radius 2 is 2.24 bits per heavy atom. The van der Waals surface area contributed by atoms with Crippen LogP contribution in [0.3, 0.4) is 0 Å². The van der Waals surface area contributed by atoms with Gasteiger partial charge in [-0.05, 0) is 36.6 Å². The first kappa shape index (κ1) is 11.5. The Labute approximate surface area is 99.2 Å². The summed E-state index contributed by atoms with van der Waals surface area (Å²) in [5.41, 5.74) is 3.05. The molecule has 2 N–H and O–H groups in total. The van der Waals surface area contributed by atoms with Crippen molar-refractivity contribution < 1.29 is 14.6 Å². The summed E-state index contributed by atoms with van der Waals surface area (Å²) < 4.78 is 5.30. The zero-order valence-electron chi connectivity index (χ0n) is 9.91. The van der Waals surface area contributed by atoms with E-state index in [0.717, 1.165) is 27.8 Å². The molecule has 4 nitrogen and oxygen atoms in total. The van der Waals surface area contributed by atoms with Gasteiger partial charge in [-0.2, -0.15) is 0 Å². The van der Waals surface area contributed by atoms with E-state index >= 15 is 0 Å². The van der Waals surface area contributed by atoms with E-state index in [2.05, 4.69) is 4.98 Å². The molecule has 1 aromatic heterocycles. The third kappa shape index (κ3) is 2.25. The molecule has 17 heavy (non-hydrogen) atoms. The number of aryl methyl sites for hydroxylation is 2. The van der Waals surface area contributed by atoms with Crippen molar-refractivity contribution in [2.24, 2.45) is 0 Å². The molecule has 0 aliphatic carbocycles. The van der Waals surface area contributed by atoms with Crippen molar-refractivity contribution in [1.29, 1.82) is 0 Å². The largest absolute Gasteiger partial charge is 0.495 e. The van der Waals surface area contributed by atoms with E-state index in [1.165, 1.54) is 0 Å². The summed E-state index contributed by atoms with van der Waals surface area (Å²) in [5.74, 6) is 0.0144. The number of H-pyrrole nitrogens is 1. The molecule has 2 rings (SSSR count). The molecule has 1 aromatic carbocycles. The van der Waals surface area contributed by atoms with Crippen LogP contribution >= 0.6 is 0 Å². The first-order valence-corrected chi connectivity index (χ1v) is 5.48. The maximum atomic E-state index is 10.6. The average Bonchev–Trinajstić information content (AvgIpc) is 2.68. The number of hydrogen-bond donors (Lipinski definition) is 2. The fraction of sp³-hybridized carbons (Fsp3) is 0.308. The van der Waals surface area contributed by atoms with Crippen molar-refractivity contribution in [3.63, 3.8) is 0 Å². The Kier molecular flexibility index (Phi) is 3.04. The predicted octanol–water partition coefficient (Wildman–Crippen LogP) is 2.50. The number of rotatable bonds is 4. The standard InChI is InChI=1S/C13H15NO3/c1-8-5-10-9(3-4-12(15)16)7-14-13(10)11(6-8)17-2/h5-7,14H,3-4H2,1-2H3,(H,15,16). The maximum absolute atomic E-state index is 10.6. The SMILES string of the molecule is COc1cc(C)cc2c(CCC(=O)O)c[nH]c12. The highest BCUT2D eigenvalue weighted by Gasteiger charge is 2.10. The molecule has 0 saturated heterocycles. The molecular formula is C13H15NO3. The van der Waals surface area contributed by atoms with Gasteiger partial charge in [-0.1, -0.05) is 0 Å². The third-order valence-electron chi connectivity index (χ3n) is 2.81. The number of hydrogen-bond acceptors (Lipinski definition) is 2. The van der Waals surface area contributed by atoms with Gasteiger partial charge in [0.2, 0.25) is 0 Å². The molecule has 90 valence electrons. The molecular weight excluding hydrogens is 218 g/mol. The van der Waals surface area contributed by atoms with Gasteiger partial charge in [0.15, 0.2) is 0 Å². The molecule has 0 saturated carbocycles. The second kappa shape index (κ2) is 4.49. The number of aromatic amines is 1. The number of carboxylic acid groups (broad SMARTS) is 1. The molecule has 2 aromatic rings. The molecule has 0 atom stereocenters. The van der Waals surface area contributed by atoms with E-state index in [1.807, 2.05) is 25.3 Å². The van der Waals surface area contributed by atoms with Crippen LogP contribution in [0, 0.1) is 6.92 Å². The second-order valence-corrected chi connectivity index (χ2v) is 4.10. The topological polar surface area (TPSA) is 62.3 Å². The molecule has 1 heterocycles. The number of carboxylic acids is 1. The van der Waals surface area contributed by atoms with Crippen LogP contribution in [0.4, 0.5) is 0 Å². The number of benzene rings is 1. The molecule has 0 unspecified atom stereocenters. The Morgan fingerprint density at radius 3 is 2.88 bits per heavy atom. The minimum Gasteiger partial charge on any atom is -0.495 e. The summed E-state index contributed by atoms with van der Waals surface area (Å²) in [4.78, 5) is 13.7. The zero-order chi connectivity index (χ0) is 12.4. The van der Waals surface area contributed by atoms with Gasteiger partial charge >= 0.3 is 5.97 Å². The molecule has 0 radical (unpaired) electrons. The quantitative estimate of drug-likeness (QED) is 0.852. The van der Waals surface area contributed by atoms with Crippen LogP contribution in [-0.4, -0.2) is 23.2 Å². The number of nitrogens with one attached hydrogen (secondary N) is 1. The normalized spacial score (nSPS) is 10.7. The van der Waals surface area contributed by atoms with Crippen LogP contribution in [0.2, 0.25) is 0 Å². The van der Waals surface area contributed by atoms with E-state index in [-0.39, 0.29) is 6.42 Å². The second-order valence-electron chi connectivity index (χ2n) is 4.10. The third-order valence-corrected chi connectivity index (χ3v) is 2.81. The van der Waals surface area contributed by atoms with Gasteiger partial charge in [-0.15, -0.1) is 0 Å². The van der Waals surface area contributed by atoms with Gasteiger partial charge in [0.25, 0.3) is 0 Å². The van der Waals surface area contributed by atoms with E-state index < -0.39 is 5.97 Å². The highest BCUT2D eigenvalue weighted by Crippen LogP contribution is 2.29. The average molecular weight is 233 g/mol. The molecule has 0 fully saturated rings. The van der Waals surface area contributed by atoms with Crippen LogP contribution in [0.15, 0.2) is 18.3 Å². The molecule has 0 bridgehead atoms. The Morgan fingerprint density at radius 1 is 1.47 bits per heavy atom. The number of aromatic nitrogens is 1. The first-order valence-electron chi connectivity index (χ1n) is 5.48. The summed E-state index contributed by atoms with van der Waals surface area (Å²) >= 11 is 0. The lowest BCUT2D eigenvalue weighted by Gasteiger charge is -2.04. The number of carbonyl (C=O) groups is 1. The highest BCUT2D eigenvalue weighted by molar-refractivity contribution is 5.89. The van der Waals surface area contributed by atoms with Crippen molar-refractivity contribution in [3.8, 4) is 5.75 Å². The van der Waals surface area contributed by atoms with E-state index in [9.17, 15) is 4.79 Å². The summed E-state index contributed by atoms with van der Waals surface area (Å²) in [5, 5.41) is 9.75. The van der Waals surface area contributed by atoms with Crippen LogP contribution in [0.1, 0.15) is 17.5 Å². The van der Waals surface area contributed by atoms with Crippen LogP contribution in [0.5, 0.6) is 5.75 Å². The lowest BCUT2D eigenvalue weighted by molar-refractivity contribution is -0.136. The monoisotopic (exact) mass is 233 g/mol. The Balaban J connectivity index is 2.45. The first-order chi connectivity index (χ1) is 8.11. The van der Waals surface area contributed by atoms with Crippen molar-refractivity contribution >= 4 is 16.9 Å². The summed E-state index contributed by atoms with van der Waals surface area (Å²) in [6, 6.07) is 4.01. The summed E-state index contributed by atoms with van der Waals surface area (Å²) in [7, 11) is 1.63. The highest BCUT2D eigenvalue weighted by atomic mass is 16.5. The number of fused-ring (bicyclic) bond motifs is 1. The van der Waals surface area contributed by atoms with Crippen molar-refractivity contribution in [1.82, 2.24) is 4.98 Å². The molecule has 0 spiro atoms. The number of ether oxygens (including phenoxy) is 1. The Bertz CT molecular complexity index is 557. The smallest absolute Gasteiger partial charge is 0.303 e. The zero-order valence-corrected chi connectivity index (χ0v) is 9.91. The van der Waals surface area contributed by atoms with Gasteiger partial charge in [-0.3, -0.25) is 4.79 Å². The van der Waals surface area contributed by atoms with E-state index in [4.69, 9.17) is 9.84 Å². The lowest BCUT2D eigenvalue weighted by Crippen LogP contribution is -1.96. The summed E-state index contributed by atoms with van der Waals surface area (Å²) in [6.45, 7) is 2.00. The van der Waals surface area contributed by atoms with Crippen molar-refractivity contribution in [3.05, 3.63) is 29.5 Å². The van der Waals surface area contributed by atoms with Gasteiger partial charge in [0, 0.05) is 18.0 Å². The van der Waals surface area contributed by atoms with Gasteiger partial charge in [0.1, 0.15) is 5.75 Å². The van der Waals surface area contributed by atoms with Crippen LogP contribution < -0.4 is 4.74 Å².